The molecule has 0 saturated heterocycles. The average Bonchev–Trinajstić information content (AvgIpc) is 2.90. The van der Waals surface area contributed by atoms with E-state index in [2.05, 4.69) is 31.6 Å². The first-order valence-electron chi connectivity index (χ1n) is 6.72. The van der Waals surface area contributed by atoms with E-state index in [4.69, 9.17) is 9.47 Å². The van der Waals surface area contributed by atoms with Crippen LogP contribution in [0.3, 0.4) is 0 Å². The highest BCUT2D eigenvalue weighted by atomic mass is 79.9. The predicted molar refractivity (Wildman–Crippen MR) is 90.1 cm³/mol. The fraction of sp³-hybridized carbons (Fsp3) is 0.267. The maximum Gasteiger partial charge on any atom is 0.293 e. The second-order valence-corrected chi connectivity index (χ2v) is 5.56. The number of halogens is 1. The molecule has 8 heteroatoms. The molecule has 122 valence electrons. The summed E-state index contributed by atoms with van der Waals surface area (Å²) in [5, 5.41) is 8.18. The molecule has 23 heavy (non-hydrogen) atoms. The zero-order valence-corrected chi connectivity index (χ0v) is 14.8. The number of amides is 1. The highest BCUT2D eigenvalue weighted by Crippen LogP contribution is 2.25. The Kier molecular flexibility index (Phi) is 5.38. The number of nitrogens with zero attached hydrogens (tertiary/aromatic N) is 3. The summed E-state index contributed by atoms with van der Waals surface area (Å²) in [6.07, 6.45) is 1.69. The molecule has 0 aliphatic heterocycles. The van der Waals surface area contributed by atoms with E-state index < -0.39 is 5.91 Å². The molecule has 1 aromatic heterocycles. The SMILES string of the molecule is COc1ccc(/C(C)=N/NC(=O)c2nn(C)cc2Br)c(OC)c1. The molecule has 2 rings (SSSR count). The normalized spacial score (nSPS) is 11.3. The Bertz CT molecular complexity index is 755. The van der Waals surface area contributed by atoms with Crippen molar-refractivity contribution < 1.29 is 14.3 Å². The Morgan fingerprint density at radius 3 is 2.65 bits per heavy atom. The van der Waals surface area contributed by atoms with Gasteiger partial charge in [-0.25, -0.2) is 5.43 Å². The van der Waals surface area contributed by atoms with Crippen molar-refractivity contribution in [1.82, 2.24) is 15.2 Å². The van der Waals surface area contributed by atoms with Gasteiger partial charge in [-0.05, 0) is 35.0 Å². The Labute approximate surface area is 142 Å². The van der Waals surface area contributed by atoms with E-state index in [1.165, 1.54) is 0 Å². The molecular weight excluding hydrogens is 364 g/mol. The fourth-order valence-electron chi connectivity index (χ4n) is 1.96. The van der Waals surface area contributed by atoms with Gasteiger partial charge in [0, 0.05) is 24.9 Å². The lowest BCUT2D eigenvalue weighted by Gasteiger charge is -2.10. The van der Waals surface area contributed by atoms with Crippen LogP contribution in [-0.4, -0.2) is 35.6 Å². The standard InChI is InChI=1S/C15H17BrN4O3/c1-9(11-6-5-10(22-3)7-13(11)23-4)17-18-15(21)14-12(16)8-20(2)19-14/h5-8H,1-4H3,(H,18,21)/b17-9+. The highest BCUT2D eigenvalue weighted by Gasteiger charge is 2.14. The molecule has 1 N–H and O–H groups in total. The van der Waals surface area contributed by atoms with Gasteiger partial charge in [0.25, 0.3) is 5.91 Å². The van der Waals surface area contributed by atoms with Crippen LogP contribution in [0.2, 0.25) is 0 Å². The average molecular weight is 381 g/mol. The van der Waals surface area contributed by atoms with E-state index in [0.29, 0.717) is 21.7 Å². The quantitative estimate of drug-likeness (QED) is 0.637. The van der Waals surface area contributed by atoms with Crippen molar-refractivity contribution in [2.75, 3.05) is 14.2 Å². The fourth-order valence-corrected chi connectivity index (χ4v) is 2.51. The van der Waals surface area contributed by atoms with E-state index in [1.807, 2.05) is 6.07 Å². The molecule has 0 atom stereocenters. The van der Waals surface area contributed by atoms with Gasteiger partial charge in [0.1, 0.15) is 11.5 Å². The molecule has 0 fully saturated rings. The summed E-state index contributed by atoms with van der Waals surface area (Å²) in [7, 11) is 4.88. The summed E-state index contributed by atoms with van der Waals surface area (Å²) in [4.78, 5) is 12.1. The topological polar surface area (TPSA) is 77.7 Å². The second kappa shape index (κ2) is 7.28. The largest absolute Gasteiger partial charge is 0.497 e. The number of carbonyl (C=O) groups is 1. The number of hydrogen-bond donors (Lipinski definition) is 1. The van der Waals surface area contributed by atoms with Crippen molar-refractivity contribution >= 4 is 27.5 Å². The first-order chi connectivity index (χ1) is 11.0. The number of nitrogens with one attached hydrogen (secondary N) is 1. The van der Waals surface area contributed by atoms with Crippen LogP contribution < -0.4 is 14.9 Å². The number of aromatic nitrogens is 2. The van der Waals surface area contributed by atoms with Gasteiger partial charge in [0.15, 0.2) is 5.69 Å². The molecule has 2 aromatic rings. The smallest absolute Gasteiger partial charge is 0.293 e. The van der Waals surface area contributed by atoms with E-state index >= 15 is 0 Å². The first kappa shape index (κ1) is 17.0. The summed E-state index contributed by atoms with van der Waals surface area (Å²) in [6.45, 7) is 1.78. The molecule has 0 spiro atoms. The molecule has 7 nitrogen and oxygen atoms in total. The lowest BCUT2D eigenvalue weighted by Crippen LogP contribution is -2.20. The van der Waals surface area contributed by atoms with Crippen LogP contribution in [0.5, 0.6) is 11.5 Å². The van der Waals surface area contributed by atoms with Gasteiger partial charge < -0.3 is 9.47 Å². The highest BCUT2D eigenvalue weighted by molar-refractivity contribution is 9.10. The second-order valence-electron chi connectivity index (χ2n) is 4.70. The van der Waals surface area contributed by atoms with E-state index in [9.17, 15) is 4.79 Å². The number of hydrogen-bond acceptors (Lipinski definition) is 5. The van der Waals surface area contributed by atoms with Crippen LogP contribution >= 0.6 is 15.9 Å². The molecule has 1 aromatic carbocycles. The number of benzene rings is 1. The Hall–Kier alpha value is -2.35. The van der Waals surface area contributed by atoms with Crippen molar-refractivity contribution in [2.45, 2.75) is 6.92 Å². The van der Waals surface area contributed by atoms with Crippen molar-refractivity contribution in [1.29, 1.82) is 0 Å². The van der Waals surface area contributed by atoms with Gasteiger partial charge in [0.05, 0.1) is 24.4 Å². The van der Waals surface area contributed by atoms with Crippen LogP contribution in [0.25, 0.3) is 0 Å². The molecule has 1 heterocycles. The van der Waals surface area contributed by atoms with Gasteiger partial charge >= 0.3 is 0 Å². The van der Waals surface area contributed by atoms with Crippen LogP contribution in [0.15, 0.2) is 34.0 Å². The molecule has 0 aliphatic rings. The minimum atomic E-state index is -0.399. The predicted octanol–water partition coefficient (Wildman–Crippen LogP) is 2.35. The molecule has 0 aliphatic carbocycles. The maximum absolute atomic E-state index is 12.1. The minimum Gasteiger partial charge on any atom is -0.497 e. The Morgan fingerprint density at radius 2 is 2.09 bits per heavy atom. The summed E-state index contributed by atoms with van der Waals surface area (Å²) in [5.41, 5.74) is 4.12. The van der Waals surface area contributed by atoms with Crippen LogP contribution in [0, 0.1) is 0 Å². The number of methoxy groups -OCH3 is 2. The third-order valence-electron chi connectivity index (χ3n) is 3.12. The number of hydrazone groups is 1. The summed E-state index contributed by atoms with van der Waals surface area (Å²) in [5.74, 6) is 0.892. The van der Waals surface area contributed by atoms with Crippen LogP contribution in [0.1, 0.15) is 23.0 Å². The number of ether oxygens (including phenoxy) is 2. The van der Waals surface area contributed by atoms with Crippen molar-refractivity contribution in [3.8, 4) is 11.5 Å². The van der Waals surface area contributed by atoms with Gasteiger partial charge in [0.2, 0.25) is 0 Å². The first-order valence-corrected chi connectivity index (χ1v) is 7.51. The maximum atomic E-state index is 12.1. The number of rotatable bonds is 5. The minimum absolute atomic E-state index is 0.269. The number of carbonyl (C=O) groups excluding carboxylic acids is 1. The zero-order valence-electron chi connectivity index (χ0n) is 13.3. The Morgan fingerprint density at radius 1 is 1.35 bits per heavy atom. The van der Waals surface area contributed by atoms with Gasteiger partial charge in [-0.15, -0.1) is 0 Å². The lowest BCUT2D eigenvalue weighted by molar-refractivity contribution is 0.0948. The Balaban J connectivity index is 2.20. The lowest BCUT2D eigenvalue weighted by atomic mass is 10.1. The molecule has 0 unspecified atom stereocenters. The van der Waals surface area contributed by atoms with E-state index in [1.54, 1.807) is 51.2 Å². The van der Waals surface area contributed by atoms with Gasteiger partial charge in [-0.1, -0.05) is 0 Å². The van der Waals surface area contributed by atoms with Gasteiger partial charge in [-0.3, -0.25) is 9.48 Å². The van der Waals surface area contributed by atoms with E-state index in [-0.39, 0.29) is 5.69 Å². The molecular formula is C15H17BrN4O3. The summed E-state index contributed by atoms with van der Waals surface area (Å²) in [6, 6.07) is 5.37. The van der Waals surface area contributed by atoms with E-state index in [0.717, 1.165) is 5.56 Å². The molecule has 0 saturated carbocycles. The van der Waals surface area contributed by atoms with Crippen molar-refractivity contribution in [2.24, 2.45) is 12.1 Å². The third kappa shape index (κ3) is 3.89. The summed E-state index contributed by atoms with van der Waals surface area (Å²) >= 11 is 3.28. The monoisotopic (exact) mass is 380 g/mol. The third-order valence-corrected chi connectivity index (χ3v) is 3.70. The van der Waals surface area contributed by atoms with Crippen LogP contribution in [0.4, 0.5) is 0 Å². The molecule has 0 bridgehead atoms. The van der Waals surface area contributed by atoms with Crippen molar-refractivity contribution in [3.63, 3.8) is 0 Å². The summed E-state index contributed by atoms with van der Waals surface area (Å²) < 4.78 is 12.6. The molecule has 1 amide bonds. The van der Waals surface area contributed by atoms with Crippen molar-refractivity contribution in [3.05, 3.63) is 40.1 Å². The van der Waals surface area contributed by atoms with Crippen LogP contribution in [-0.2, 0) is 7.05 Å². The molecule has 0 radical (unpaired) electrons. The zero-order chi connectivity index (χ0) is 17.0. The number of aryl methyl sites for hydroxylation is 1. The van der Waals surface area contributed by atoms with Gasteiger partial charge in [-0.2, -0.15) is 10.2 Å².